The summed E-state index contributed by atoms with van der Waals surface area (Å²) in [4.78, 5) is 21.0. The van der Waals surface area contributed by atoms with Gasteiger partial charge in [-0.3, -0.25) is 14.7 Å². The zero-order valence-corrected chi connectivity index (χ0v) is 15.9. The van der Waals surface area contributed by atoms with Crippen LogP contribution in [0, 0.1) is 0 Å². The third-order valence-electron chi connectivity index (χ3n) is 4.20. The van der Waals surface area contributed by atoms with Crippen LogP contribution in [0.4, 0.5) is 0 Å². The molecule has 1 aromatic heterocycles. The summed E-state index contributed by atoms with van der Waals surface area (Å²) in [6, 6.07) is 3.87. The van der Waals surface area contributed by atoms with E-state index in [1.54, 1.807) is 13.4 Å². The van der Waals surface area contributed by atoms with Gasteiger partial charge in [-0.05, 0) is 19.1 Å². The smallest absolute Gasteiger partial charge is 0.234 e. The Kier molecular flexibility index (Phi) is 8.99. The van der Waals surface area contributed by atoms with Crippen LogP contribution in [0.5, 0.6) is 0 Å². The first-order valence-corrected chi connectivity index (χ1v) is 9.26. The quantitative estimate of drug-likeness (QED) is 0.369. The van der Waals surface area contributed by atoms with E-state index in [9.17, 15) is 4.79 Å². The monoisotopic (exact) mass is 365 g/mol. The molecule has 146 valence electrons. The van der Waals surface area contributed by atoms with Crippen molar-refractivity contribution in [3.05, 3.63) is 24.2 Å². The normalized spacial score (nSPS) is 15.9. The number of methoxy groups -OCH3 is 1. The molecule has 0 atom stereocenters. The number of nitrogens with one attached hydrogen (secondary N) is 2. The third-order valence-corrected chi connectivity index (χ3v) is 4.20. The Morgan fingerprint density at radius 3 is 2.77 bits per heavy atom. The van der Waals surface area contributed by atoms with Gasteiger partial charge in [-0.1, -0.05) is 0 Å². The summed E-state index contributed by atoms with van der Waals surface area (Å²) in [6.07, 6.45) is 2.48. The Morgan fingerprint density at radius 2 is 2.12 bits per heavy atom. The molecule has 1 aliphatic rings. The number of piperazine rings is 1. The number of hydrogen-bond acceptors (Lipinski definition) is 5. The molecule has 8 heteroatoms. The molecule has 2 rings (SSSR count). The SMILES string of the molecule is CCNC(=NCCc1ccco1)N1CCN(CC(=O)NCCOC)CC1. The Balaban J connectivity index is 1.74. The summed E-state index contributed by atoms with van der Waals surface area (Å²) in [5.41, 5.74) is 0. The van der Waals surface area contributed by atoms with Gasteiger partial charge in [0.15, 0.2) is 5.96 Å². The highest BCUT2D eigenvalue weighted by Gasteiger charge is 2.21. The van der Waals surface area contributed by atoms with Crippen LogP contribution in [-0.4, -0.2) is 87.7 Å². The highest BCUT2D eigenvalue weighted by atomic mass is 16.5. The molecule has 0 aromatic carbocycles. The zero-order chi connectivity index (χ0) is 18.6. The van der Waals surface area contributed by atoms with Gasteiger partial charge < -0.3 is 24.7 Å². The molecule has 2 heterocycles. The van der Waals surface area contributed by atoms with E-state index in [-0.39, 0.29) is 5.91 Å². The topological polar surface area (TPSA) is 82.3 Å². The summed E-state index contributed by atoms with van der Waals surface area (Å²) in [5, 5.41) is 6.22. The van der Waals surface area contributed by atoms with Gasteiger partial charge in [0.05, 0.1) is 19.4 Å². The fourth-order valence-corrected chi connectivity index (χ4v) is 2.82. The van der Waals surface area contributed by atoms with Crippen molar-refractivity contribution < 1.29 is 13.9 Å². The predicted molar refractivity (Wildman–Crippen MR) is 101 cm³/mol. The van der Waals surface area contributed by atoms with Gasteiger partial charge in [0.2, 0.25) is 5.91 Å². The minimum Gasteiger partial charge on any atom is -0.469 e. The van der Waals surface area contributed by atoms with E-state index in [0.29, 0.717) is 26.2 Å². The van der Waals surface area contributed by atoms with Crippen LogP contribution in [0.1, 0.15) is 12.7 Å². The first-order chi connectivity index (χ1) is 12.7. The van der Waals surface area contributed by atoms with Gasteiger partial charge in [0.1, 0.15) is 5.76 Å². The van der Waals surface area contributed by atoms with E-state index in [4.69, 9.17) is 14.1 Å². The van der Waals surface area contributed by atoms with Crippen LogP contribution in [0.25, 0.3) is 0 Å². The van der Waals surface area contributed by atoms with Crippen LogP contribution in [0.15, 0.2) is 27.8 Å². The molecule has 0 unspecified atom stereocenters. The molecule has 8 nitrogen and oxygen atoms in total. The summed E-state index contributed by atoms with van der Waals surface area (Å²) in [5.74, 6) is 1.94. The number of ether oxygens (including phenoxy) is 1. The largest absolute Gasteiger partial charge is 0.469 e. The Labute approximate surface area is 155 Å². The van der Waals surface area contributed by atoms with E-state index in [2.05, 4.69) is 27.4 Å². The second-order valence-electron chi connectivity index (χ2n) is 6.17. The molecule has 2 N–H and O–H groups in total. The van der Waals surface area contributed by atoms with Crippen LogP contribution in [-0.2, 0) is 16.0 Å². The molecule has 1 aliphatic heterocycles. The number of guanidine groups is 1. The predicted octanol–water partition coefficient (Wildman–Crippen LogP) is 0.168. The standard InChI is InChI=1S/C18H31N5O3/c1-3-19-18(21-7-6-16-5-4-13-26-16)23-11-9-22(10-12-23)15-17(24)20-8-14-25-2/h4-5,13H,3,6-12,14-15H2,1-2H3,(H,19,21)(H,20,24). The van der Waals surface area contributed by atoms with Crippen molar-refractivity contribution in [1.82, 2.24) is 20.4 Å². The van der Waals surface area contributed by atoms with Crippen molar-refractivity contribution in [2.75, 3.05) is 66.1 Å². The van der Waals surface area contributed by atoms with Gasteiger partial charge in [-0.2, -0.15) is 0 Å². The van der Waals surface area contributed by atoms with Gasteiger partial charge in [0, 0.05) is 59.3 Å². The number of aliphatic imine (C=N–C) groups is 1. The number of furan rings is 1. The van der Waals surface area contributed by atoms with Gasteiger partial charge in [-0.15, -0.1) is 0 Å². The number of carbonyl (C=O) groups is 1. The van der Waals surface area contributed by atoms with Crippen molar-refractivity contribution in [3.63, 3.8) is 0 Å². The van der Waals surface area contributed by atoms with Crippen molar-refractivity contribution >= 4 is 11.9 Å². The summed E-state index contributed by atoms with van der Waals surface area (Å²) in [7, 11) is 1.63. The average molecular weight is 365 g/mol. The van der Waals surface area contributed by atoms with E-state index < -0.39 is 0 Å². The Morgan fingerprint density at radius 1 is 1.31 bits per heavy atom. The molecule has 0 bridgehead atoms. The van der Waals surface area contributed by atoms with Crippen LogP contribution < -0.4 is 10.6 Å². The second-order valence-corrected chi connectivity index (χ2v) is 6.17. The number of rotatable bonds is 9. The maximum absolute atomic E-state index is 11.9. The van der Waals surface area contributed by atoms with Crippen LogP contribution in [0.3, 0.4) is 0 Å². The summed E-state index contributed by atoms with van der Waals surface area (Å²) < 4.78 is 10.3. The molecule has 0 aliphatic carbocycles. The molecule has 1 saturated heterocycles. The van der Waals surface area contributed by atoms with Crippen molar-refractivity contribution in [1.29, 1.82) is 0 Å². The van der Waals surface area contributed by atoms with Crippen molar-refractivity contribution in [3.8, 4) is 0 Å². The first kappa shape index (κ1) is 20.3. The number of amides is 1. The molecular weight excluding hydrogens is 334 g/mol. The lowest BCUT2D eigenvalue weighted by atomic mass is 10.3. The van der Waals surface area contributed by atoms with E-state index in [0.717, 1.165) is 50.9 Å². The number of carbonyl (C=O) groups excluding carboxylic acids is 1. The lowest BCUT2D eigenvalue weighted by molar-refractivity contribution is -0.122. The minimum atomic E-state index is 0.0505. The molecule has 26 heavy (non-hydrogen) atoms. The van der Waals surface area contributed by atoms with Gasteiger partial charge in [-0.25, -0.2) is 0 Å². The summed E-state index contributed by atoms with van der Waals surface area (Å²) in [6.45, 7) is 8.55. The highest BCUT2D eigenvalue weighted by molar-refractivity contribution is 5.80. The second kappa shape index (κ2) is 11.5. The molecule has 1 amide bonds. The third kappa shape index (κ3) is 7.05. The fourth-order valence-electron chi connectivity index (χ4n) is 2.82. The zero-order valence-electron chi connectivity index (χ0n) is 15.9. The minimum absolute atomic E-state index is 0.0505. The van der Waals surface area contributed by atoms with Crippen molar-refractivity contribution in [2.45, 2.75) is 13.3 Å². The molecule has 0 saturated carbocycles. The summed E-state index contributed by atoms with van der Waals surface area (Å²) >= 11 is 0. The Bertz CT molecular complexity index is 539. The lowest BCUT2D eigenvalue weighted by Gasteiger charge is -2.36. The van der Waals surface area contributed by atoms with Gasteiger partial charge >= 0.3 is 0 Å². The van der Waals surface area contributed by atoms with Gasteiger partial charge in [0.25, 0.3) is 0 Å². The van der Waals surface area contributed by atoms with E-state index >= 15 is 0 Å². The fraction of sp³-hybridized carbons (Fsp3) is 0.667. The highest BCUT2D eigenvalue weighted by Crippen LogP contribution is 2.04. The van der Waals surface area contributed by atoms with E-state index in [1.165, 1.54) is 0 Å². The Hall–Kier alpha value is -2.06. The average Bonchev–Trinajstić information content (AvgIpc) is 3.15. The molecular formula is C18H31N5O3. The maximum Gasteiger partial charge on any atom is 0.234 e. The molecule has 0 radical (unpaired) electrons. The first-order valence-electron chi connectivity index (χ1n) is 9.26. The lowest BCUT2D eigenvalue weighted by Crippen LogP contribution is -2.54. The molecule has 0 spiro atoms. The van der Waals surface area contributed by atoms with Crippen molar-refractivity contribution in [2.24, 2.45) is 4.99 Å². The number of nitrogens with zero attached hydrogens (tertiary/aromatic N) is 3. The molecule has 1 aromatic rings. The van der Waals surface area contributed by atoms with Crippen LogP contribution in [0.2, 0.25) is 0 Å². The van der Waals surface area contributed by atoms with Crippen LogP contribution >= 0.6 is 0 Å². The van der Waals surface area contributed by atoms with E-state index in [1.807, 2.05) is 12.1 Å². The molecule has 1 fully saturated rings. The maximum atomic E-state index is 11.9. The number of hydrogen-bond donors (Lipinski definition) is 2.